The minimum atomic E-state index is 0.243. The zero-order valence-corrected chi connectivity index (χ0v) is 14.5. The monoisotopic (exact) mass is 297 g/mol. The van der Waals surface area contributed by atoms with Crippen LogP contribution in [0.4, 0.5) is 0 Å². The van der Waals surface area contributed by atoms with Gasteiger partial charge in [0.15, 0.2) is 5.96 Å². The highest BCUT2D eigenvalue weighted by atomic mass is 16.5. The lowest BCUT2D eigenvalue weighted by atomic mass is 9.89. The van der Waals surface area contributed by atoms with E-state index < -0.39 is 0 Å². The fourth-order valence-corrected chi connectivity index (χ4v) is 2.64. The standard InChI is InChI=1S/C17H35N3O/c1-5-8-10-15(9-6-2)11-19-16(18-7-3)20-12-17(4)13-21-14-17/h15H,5-14H2,1-4H3,(H2,18,19,20). The molecule has 0 radical (unpaired) electrons. The van der Waals surface area contributed by atoms with Gasteiger partial charge in [-0.15, -0.1) is 0 Å². The maximum absolute atomic E-state index is 5.29. The molecule has 0 bridgehead atoms. The largest absolute Gasteiger partial charge is 0.380 e. The second kappa shape index (κ2) is 10.0. The van der Waals surface area contributed by atoms with Gasteiger partial charge >= 0.3 is 0 Å². The highest BCUT2D eigenvalue weighted by Crippen LogP contribution is 2.26. The summed E-state index contributed by atoms with van der Waals surface area (Å²) < 4.78 is 5.29. The first-order valence-electron chi connectivity index (χ1n) is 8.73. The smallest absolute Gasteiger partial charge is 0.191 e. The molecular formula is C17H35N3O. The van der Waals surface area contributed by atoms with Gasteiger partial charge in [-0.3, -0.25) is 4.99 Å². The van der Waals surface area contributed by atoms with Gasteiger partial charge in [0.1, 0.15) is 0 Å². The lowest BCUT2D eigenvalue weighted by molar-refractivity contribution is -0.0945. The molecule has 1 fully saturated rings. The summed E-state index contributed by atoms with van der Waals surface area (Å²) in [6, 6.07) is 0. The van der Waals surface area contributed by atoms with Crippen LogP contribution in [-0.4, -0.2) is 38.8 Å². The quantitative estimate of drug-likeness (QED) is 0.481. The summed E-state index contributed by atoms with van der Waals surface area (Å²) in [5.74, 6) is 1.73. The molecule has 4 nitrogen and oxygen atoms in total. The molecule has 4 heteroatoms. The zero-order valence-electron chi connectivity index (χ0n) is 14.5. The number of guanidine groups is 1. The lowest BCUT2D eigenvalue weighted by Crippen LogP contribution is -2.45. The Balaban J connectivity index is 2.41. The van der Waals surface area contributed by atoms with Crippen LogP contribution in [0, 0.1) is 11.3 Å². The van der Waals surface area contributed by atoms with Crippen LogP contribution in [0.15, 0.2) is 4.99 Å². The number of hydrogen-bond acceptors (Lipinski definition) is 2. The van der Waals surface area contributed by atoms with Gasteiger partial charge in [0, 0.05) is 18.5 Å². The van der Waals surface area contributed by atoms with E-state index in [0.717, 1.165) is 44.7 Å². The van der Waals surface area contributed by atoms with Crippen LogP contribution >= 0.6 is 0 Å². The van der Waals surface area contributed by atoms with Crippen molar-refractivity contribution in [3.05, 3.63) is 0 Å². The molecule has 0 spiro atoms. The summed E-state index contributed by atoms with van der Waals surface area (Å²) in [7, 11) is 0. The summed E-state index contributed by atoms with van der Waals surface area (Å²) in [4.78, 5) is 4.73. The van der Waals surface area contributed by atoms with Crippen molar-refractivity contribution in [1.82, 2.24) is 10.6 Å². The Morgan fingerprint density at radius 3 is 2.43 bits per heavy atom. The maximum Gasteiger partial charge on any atom is 0.191 e. The maximum atomic E-state index is 5.29. The van der Waals surface area contributed by atoms with Gasteiger partial charge in [-0.1, -0.05) is 40.0 Å². The molecule has 1 saturated heterocycles. The predicted octanol–water partition coefficient (Wildman–Crippen LogP) is 3.18. The van der Waals surface area contributed by atoms with Gasteiger partial charge in [0.05, 0.1) is 19.8 Å². The van der Waals surface area contributed by atoms with Crippen molar-refractivity contribution < 1.29 is 4.74 Å². The first-order chi connectivity index (χ1) is 10.1. The number of rotatable bonds is 10. The number of hydrogen-bond donors (Lipinski definition) is 2. The minimum Gasteiger partial charge on any atom is -0.380 e. The van der Waals surface area contributed by atoms with Gasteiger partial charge in [-0.25, -0.2) is 0 Å². The molecule has 1 rings (SSSR count). The Morgan fingerprint density at radius 1 is 1.14 bits per heavy atom. The second-order valence-electron chi connectivity index (χ2n) is 6.68. The third-order valence-electron chi connectivity index (χ3n) is 4.09. The third-order valence-corrected chi connectivity index (χ3v) is 4.09. The summed E-state index contributed by atoms with van der Waals surface area (Å²) in [6.45, 7) is 13.4. The SMILES string of the molecule is CCCCC(CCC)CNC(=NCC1(C)COC1)NCC. The topological polar surface area (TPSA) is 45.7 Å². The van der Waals surface area contributed by atoms with E-state index in [2.05, 4.69) is 38.3 Å². The Kier molecular flexibility index (Phi) is 8.74. The average molecular weight is 297 g/mol. The first-order valence-corrected chi connectivity index (χ1v) is 8.73. The van der Waals surface area contributed by atoms with Crippen molar-refractivity contribution in [2.24, 2.45) is 16.3 Å². The van der Waals surface area contributed by atoms with Gasteiger partial charge in [-0.2, -0.15) is 0 Å². The predicted molar refractivity (Wildman–Crippen MR) is 90.8 cm³/mol. The molecule has 1 atom stereocenters. The van der Waals surface area contributed by atoms with E-state index >= 15 is 0 Å². The molecule has 0 aromatic rings. The molecule has 124 valence electrons. The summed E-state index contributed by atoms with van der Waals surface area (Å²) >= 11 is 0. The van der Waals surface area contributed by atoms with E-state index in [4.69, 9.17) is 9.73 Å². The number of nitrogens with one attached hydrogen (secondary N) is 2. The molecule has 1 aliphatic rings. The van der Waals surface area contributed by atoms with Crippen LogP contribution in [0.25, 0.3) is 0 Å². The highest BCUT2D eigenvalue weighted by molar-refractivity contribution is 5.79. The zero-order chi connectivity index (χ0) is 15.6. The first kappa shape index (κ1) is 18.3. The van der Waals surface area contributed by atoms with Gasteiger partial charge < -0.3 is 15.4 Å². The lowest BCUT2D eigenvalue weighted by Gasteiger charge is -2.36. The molecule has 0 amide bonds. The van der Waals surface area contributed by atoms with Crippen molar-refractivity contribution >= 4 is 5.96 Å². The molecule has 1 aliphatic heterocycles. The number of nitrogens with zero attached hydrogens (tertiary/aromatic N) is 1. The molecule has 21 heavy (non-hydrogen) atoms. The third kappa shape index (κ3) is 7.16. The number of aliphatic imine (C=N–C) groups is 1. The Hall–Kier alpha value is -0.770. The number of ether oxygens (including phenoxy) is 1. The van der Waals surface area contributed by atoms with Crippen molar-refractivity contribution in [3.63, 3.8) is 0 Å². The average Bonchev–Trinajstić information content (AvgIpc) is 2.45. The van der Waals surface area contributed by atoms with Crippen molar-refractivity contribution in [1.29, 1.82) is 0 Å². The van der Waals surface area contributed by atoms with Crippen LogP contribution < -0.4 is 10.6 Å². The van der Waals surface area contributed by atoms with Crippen LogP contribution in [-0.2, 0) is 4.74 Å². The summed E-state index contributed by atoms with van der Waals surface area (Å²) in [5, 5.41) is 6.89. The Morgan fingerprint density at radius 2 is 1.90 bits per heavy atom. The molecule has 2 N–H and O–H groups in total. The second-order valence-corrected chi connectivity index (χ2v) is 6.68. The highest BCUT2D eigenvalue weighted by Gasteiger charge is 2.33. The van der Waals surface area contributed by atoms with Crippen LogP contribution in [0.2, 0.25) is 0 Å². The molecule has 1 unspecified atom stereocenters. The molecule has 0 aliphatic carbocycles. The minimum absolute atomic E-state index is 0.243. The molecule has 0 aromatic heterocycles. The summed E-state index contributed by atoms with van der Waals surface area (Å²) in [6.07, 6.45) is 6.50. The number of unbranched alkanes of at least 4 members (excludes halogenated alkanes) is 1. The Labute approximate surface area is 131 Å². The fraction of sp³-hybridized carbons (Fsp3) is 0.941. The molecular weight excluding hydrogens is 262 g/mol. The van der Waals surface area contributed by atoms with E-state index in [1.54, 1.807) is 0 Å². The van der Waals surface area contributed by atoms with Crippen LogP contribution in [0.5, 0.6) is 0 Å². The molecule has 1 heterocycles. The fourth-order valence-electron chi connectivity index (χ4n) is 2.64. The van der Waals surface area contributed by atoms with Crippen LogP contribution in [0.3, 0.4) is 0 Å². The van der Waals surface area contributed by atoms with E-state index in [9.17, 15) is 0 Å². The normalized spacial score (nSPS) is 19.0. The van der Waals surface area contributed by atoms with Gasteiger partial charge in [-0.05, 0) is 25.7 Å². The van der Waals surface area contributed by atoms with Crippen molar-refractivity contribution in [2.75, 3.05) is 32.8 Å². The van der Waals surface area contributed by atoms with E-state index in [1.807, 2.05) is 0 Å². The van der Waals surface area contributed by atoms with Crippen molar-refractivity contribution in [2.45, 2.75) is 59.8 Å². The molecule has 0 saturated carbocycles. The van der Waals surface area contributed by atoms with E-state index in [-0.39, 0.29) is 5.41 Å². The van der Waals surface area contributed by atoms with E-state index in [0.29, 0.717) is 0 Å². The van der Waals surface area contributed by atoms with Gasteiger partial charge in [0.2, 0.25) is 0 Å². The van der Waals surface area contributed by atoms with Gasteiger partial charge in [0.25, 0.3) is 0 Å². The van der Waals surface area contributed by atoms with E-state index in [1.165, 1.54) is 32.1 Å². The van der Waals surface area contributed by atoms with Crippen LogP contribution in [0.1, 0.15) is 59.8 Å². The summed E-state index contributed by atoms with van der Waals surface area (Å²) in [5.41, 5.74) is 0.243. The molecule has 0 aromatic carbocycles. The Bertz CT molecular complexity index is 300. The van der Waals surface area contributed by atoms with Crippen molar-refractivity contribution in [3.8, 4) is 0 Å².